The molecule has 51 heavy (non-hydrogen) atoms. The van der Waals surface area contributed by atoms with Gasteiger partial charge in [0.1, 0.15) is 11.2 Å². The van der Waals surface area contributed by atoms with Gasteiger partial charge in [0.25, 0.3) is 0 Å². The fraction of sp³-hybridized carbons (Fsp3) is 0. The normalized spacial score (nSPS) is 11.9. The summed E-state index contributed by atoms with van der Waals surface area (Å²) in [7, 11) is 0. The fourth-order valence-electron chi connectivity index (χ4n) is 7.89. The Morgan fingerprint density at radius 1 is 0.392 bits per heavy atom. The Kier molecular flexibility index (Phi) is 5.89. The highest BCUT2D eigenvalue weighted by molar-refractivity contribution is 6.26. The molecular weight excluding hydrogens is 625 g/mol. The van der Waals surface area contributed by atoms with Crippen LogP contribution in [0.15, 0.2) is 174 Å². The average molecular weight is 653 g/mol. The van der Waals surface area contributed by atoms with Crippen LogP contribution >= 0.6 is 0 Å². The lowest BCUT2D eigenvalue weighted by atomic mass is 10.0. The molecule has 0 fully saturated rings. The summed E-state index contributed by atoms with van der Waals surface area (Å²) in [6.45, 7) is 0. The number of para-hydroxylation sites is 4. The number of benzene rings is 7. The molecule has 0 bridgehead atoms. The Labute approximate surface area is 292 Å². The average Bonchev–Trinajstić information content (AvgIpc) is 3.86. The largest absolute Gasteiger partial charge is 0.456 e. The molecule has 0 saturated heterocycles. The van der Waals surface area contributed by atoms with Crippen molar-refractivity contribution in [3.05, 3.63) is 170 Å². The standard InChI is InChI=1S/C46H28N4O/c1-3-13-29(14-4-1)37-28-38(30-23-26-43-36(27-30)33-18-9-12-22-42(33)51-43)48-46(47-37)50-40-21-11-8-19-35(40)44-41(50)25-24-34-32-17-7-10-20-39(32)49(45(34)44)31-15-5-2-6-16-31/h1-28H. The van der Waals surface area contributed by atoms with Crippen LogP contribution in [-0.2, 0) is 0 Å². The molecule has 7 aromatic carbocycles. The summed E-state index contributed by atoms with van der Waals surface area (Å²) in [4.78, 5) is 10.7. The molecule has 11 rings (SSSR count). The van der Waals surface area contributed by atoms with Crippen molar-refractivity contribution in [2.45, 2.75) is 0 Å². The summed E-state index contributed by atoms with van der Waals surface area (Å²) in [6, 6.07) is 59.4. The van der Waals surface area contributed by atoms with Crippen LogP contribution in [-0.4, -0.2) is 19.1 Å². The Balaban J connectivity index is 1.24. The van der Waals surface area contributed by atoms with Crippen molar-refractivity contribution in [2.24, 2.45) is 0 Å². The molecule has 5 heteroatoms. The fourth-order valence-corrected chi connectivity index (χ4v) is 7.89. The molecule has 4 heterocycles. The van der Waals surface area contributed by atoms with E-state index in [1.165, 1.54) is 27.2 Å². The first-order valence-corrected chi connectivity index (χ1v) is 17.2. The van der Waals surface area contributed by atoms with Gasteiger partial charge in [-0.3, -0.25) is 4.57 Å². The van der Waals surface area contributed by atoms with Crippen molar-refractivity contribution >= 4 is 65.6 Å². The highest BCUT2D eigenvalue weighted by Crippen LogP contribution is 2.42. The van der Waals surface area contributed by atoms with Crippen LogP contribution in [0.25, 0.3) is 99.7 Å². The van der Waals surface area contributed by atoms with Crippen LogP contribution in [0.5, 0.6) is 0 Å². The minimum absolute atomic E-state index is 0.622. The third-order valence-corrected chi connectivity index (χ3v) is 10.1. The van der Waals surface area contributed by atoms with E-state index in [-0.39, 0.29) is 0 Å². The molecule has 0 spiro atoms. The van der Waals surface area contributed by atoms with Gasteiger partial charge < -0.3 is 8.98 Å². The molecule has 0 saturated carbocycles. The molecule has 0 aliphatic rings. The number of nitrogens with zero attached hydrogens (tertiary/aromatic N) is 4. The first-order valence-electron chi connectivity index (χ1n) is 17.2. The first-order chi connectivity index (χ1) is 25.3. The van der Waals surface area contributed by atoms with Crippen molar-refractivity contribution < 1.29 is 4.42 Å². The molecule has 0 amide bonds. The van der Waals surface area contributed by atoms with Crippen molar-refractivity contribution in [2.75, 3.05) is 0 Å². The van der Waals surface area contributed by atoms with Gasteiger partial charge in [-0.05, 0) is 60.7 Å². The maximum absolute atomic E-state index is 6.18. The van der Waals surface area contributed by atoms with E-state index in [9.17, 15) is 0 Å². The van der Waals surface area contributed by atoms with E-state index in [2.05, 4.69) is 155 Å². The van der Waals surface area contributed by atoms with Gasteiger partial charge in [-0.1, -0.05) is 109 Å². The van der Waals surface area contributed by atoms with E-state index in [0.29, 0.717) is 5.95 Å². The lowest BCUT2D eigenvalue weighted by Crippen LogP contribution is -2.04. The minimum atomic E-state index is 0.622. The first kappa shape index (κ1) is 27.9. The van der Waals surface area contributed by atoms with E-state index in [0.717, 1.165) is 66.6 Å². The highest BCUT2D eigenvalue weighted by Gasteiger charge is 2.22. The molecule has 238 valence electrons. The van der Waals surface area contributed by atoms with E-state index >= 15 is 0 Å². The zero-order valence-corrected chi connectivity index (χ0v) is 27.4. The Bertz CT molecular complexity index is 3130. The summed E-state index contributed by atoms with van der Waals surface area (Å²) in [5.41, 5.74) is 11.1. The molecule has 0 aliphatic heterocycles. The molecule has 0 aliphatic carbocycles. The number of aromatic nitrogens is 4. The molecular formula is C46H28N4O. The molecule has 4 aromatic heterocycles. The van der Waals surface area contributed by atoms with Gasteiger partial charge >= 0.3 is 0 Å². The quantitative estimate of drug-likeness (QED) is 0.190. The maximum Gasteiger partial charge on any atom is 0.235 e. The highest BCUT2D eigenvalue weighted by atomic mass is 16.3. The van der Waals surface area contributed by atoms with E-state index in [1.54, 1.807) is 0 Å². The third-order valence-electron chi connectivity index (χ3n) is 10.1. The van der Waals surface area contributed by atoms with Crippen molar-refractivity contribution in [3.8, 4) is 34.2 Å². The van der Waals surface area contributed by atoms with Gasteiger partial charge in [0.15, 0.2) is 0 Å². The zero-order valence-electron chi connectivity index (χ0n) is 27.4. The zero-order chi connectivity index (χ0) is 33.5. The third kappa shape index (κ3) is 4.15. The van der Waals surface area contributed by atoms with Crippen molar-refractivity contribution in [3.63, 3.8) is 0 Å². The molecule has 11 aromatic rings. The van der Waals surface area contributed by atoms with Crippen LogP contribution in [0.4, 0.5) is 0 Å². The number of hydrogen-bond acceptors (Lipinski definition) is 3. The Hall–Kier alpha value is -6.98. The predicted octanol–water partition coefficient (Wildman–Crippen LogP) is 11.9. The van der Waals surface area contributed by atoms with Gasteiger partial charge in [-0.15, -0.1) is 0 Å². The summed E-state index contributed by atoms with van der Waals surface area (Å²) in [6.07, 6.45) is 0. The number of hydrogen-bond donors (Lipinski definition) is 0. The van der Waals surface area contributed by atoms with Gasteiger partial charge in [-0.2, -0.15) is 0 Å². The number of fused-ring (bicyclic) bond motifs is 10. The van der Waals surface area contributed by atoms with Crippen LogP contribution in [0.3, 0.4) is 0 Å². The van der Waals surface area contributed by atoms with E-state index in [1.807, 2.05) is 24.3 Å². The Morgan fingerprint density at radius 3 is 1.82 bits per heavy atom. The maximum atomic E-state index is 6.18. The van der Waals surface area contributed by atoms with Crippen LogP contribution in [0.1, 0.15) is 0 Å². The minimum Gasteiger partial charge on any atom is -0.456 e. The van der Waals surface area contributed by atoms with E-state index < -0.39 is 0 Å². The van der Waals surface area contributed by atoms with Crippen molar-refractivity contribution in [1.29, 1.82) is 0 Å². The summed E-state index contributed by atoms with van der Waals surface area (Å²) >= 11 is 0. The van der Waals surface area contributed by atoms with E-state index in [4.69, 9.17) is 14.4 Å². The predicted molar refractivity (Wildman–Crippen MR) is 209 cm³/mol. The van der Waals surface area contributed by atoms with Gasteiger partial charge in [0.2, 0.25) is 5.95 Å². The molecule has 0 atom stereocenters. The van der Waals surface area contributed by atoms with Crippen LogP contribution in [0, 0.1) is 0 Å². The van der Waals surface area contributed by atoms with Gasteiger partial charge in [0.05, 0.1) is 33.5 Å². The smallest absolute Gasteiger partial charge is 0.235 e. The van der Waals surface area contributed by atoms with Crippen LogP contribution < -0.4 is 0 Å². The SMILES string of the molecule is c1ccc(-c2cc(-c3ccc4oc5ccccc5c4c3)nc(-n3c4ccccc4c4c3ccc3c5ccccc5n(-c5ccccc5)c34)n2)cc1. The van der Waals surface area contributed by atoms with Crippen molar-refractivity contribution in [1.82, 2.24) is 19.1 Å². The lowest BCUT2D eigenvalue weighted by Gasteiger charge is -2.12. The van der Waals surface area contributed by atoms with Gasteiger partial charge in [0, 0.05) is 49.1 Å². The Morgan fingerprint density at radius 2 is 1.02 bits per heavy atom. The molecule has 0 N–H and O–H groups in total. The van der Waals surface area contributed by atoms with Crippen LogP contribution in [0.2, 0.25) is 0 Å². The second-order valence-corrected chi connectivity index (χ2v) is 13.0. The molecule has 0 radical (unpaired) electrons. The number of furan rings is 1. The second kappa shape index (κ2) is 10.8. The monoisotopic (exact) mass is 652 g/mol. The topological polar surface area (TPSA) is 48.8 Å². The molecule has 0 unspecified atom stereocenters. The summed E-state index contributed by atoms with van der Waals surface area (Å²) in [5.74, 6) is 0.622. The molecule has 5 nitrogen and oxygen atoms in total. The summed E-state index contributed by atoms with van der Waals surface area (Å²) in [5, 5.41) is 6.92. The second-order valence-electron chi connectivity index (χ2n) is 13.0. The van der Waals surface area contributed by atoms with Gasteiger partial charge in [-0.25, -0.2) is 9.97 Å². The number of rotatable bonds is 4. The lowest BCUT2D eigenvalue weighted by molar-refractivity contribution is 0.669. The summed E-state index contributed by atoms with van der Waals surface area (Å²) < 4.78 is 10.8.